The number of aromatic hydroxyl groups is 1. The average Bonchev–Trinajstić information content (AvgIpc) is 2.94. The summed E-state index contributed by atoms with van der Waals surface area (Å²) in [5.41, 5.74) is 1.33. The van der Waals surface area contributed by atoms with Crippen LogP contribution in [-0.4, -0.2) is 30.9 Å². The molecule has 7 heteroatoms. The molecule has 2 aromatic carbocycles. The van der Waals surface area contributed by atoms with Gasteiger partial charge in [-0.2, -0.15) is 0 Å². The number of phenols is 1. The molecule has 40 heavy (non-hydrogen) atoms. The van der Waals surface area contributed by atoms with E-state index in [4.69, 9.17) is 9.47 Å². The van der Waals surface area contributed by atoms with Gasteiger partial charge in [0, 0.05) is 11.3 Å². The molecule has 1 N–H and O–H groups in total. The second-order valence-corrected chi connectivity index (χ2v) is 10.8. The van der Waals surface area contributed by atoms with Crippen LogP contribution in [0.15, 0.2) is 77.5 Å². The zero-order valence-electron chi connectivity index (χ0n) is 24.5. The maximum Gasteiger partial charge on any atom is 0.165 e. The summed E-state index contributed by atoms with van der Waals surface area (Å²) in [4.78, 5) is 36.8. The summed E-state index contributed by atoms with van der Waals surface area (Å²) >= 11 is 0. The number of nitrogens with zero attached hydrogens (tertiary/aromatic N) is 1. The van der Waals surface area contributed by atoms with Gasteiger partial charge in [0.05, 0.1) is 14.2 Å². The number of ether oxygens (including phenoxy) is 2. The van der Waals surface area contributed by atoms with E-state index in [9.17, 15) is 19.6 Å². The molecule has 2 aromatic rings. The van der Waals surface area contributed by atoms with Gasteiger partial charge in [0.15, 0.2) is 23.1 Å². The van der Waals surface area contributed by atoms with E-state index in [-0.39, 0.29) is 28.9 Å². The third kappa shape index (κ3) is 8.12. The van der Waals surface area contributed by atoms with Crippen LogP contribution < -0.4 is 9.47 Å². The minimum atomic E-state index is -0.755. The molecule has 0 amide bonds. The Kier molecular flexibility index (Phi) is 10.9. The number of carbonyl (C=O) groups excluding carboxylic acids is 2. The van der Waals surface area contributed by atoms with E-state index >= 15 is 0 Å². The Hall–Kier alpha value is -4.26. The lowest BCUT2D eigenvalue weighted by atomic mass is 9.76. The van der Waals surface area contributed by atoms with Crippen LogP contribution in [0.25, 0.3) is 12.2 Å². The summed E-state index contributed by atoms with van der Waals surface area (Å²) in [5.74, 6) is 0.316. The second-order valence-electron chi connectivity index (χ2n) is 10.8. The molecule has 0 aromatic heterocycles. The number of phenolic OH excluding ortho intramolecular Hbond substituents is 1. The van der Waals surface area contributed by atoms with E-state index < -0.39 is 10.8 Å². The molecule has 0 spiro atoms. The number of hydrogen-bond acceptors (Lipinski definition) is 7. The lowest BCUT2D eigenvalue weighted by molar-refractivity contribution is -0.121. The quantitative estimate of drug-likeness (QED) is 0.156. The zero-order valence-corrected chi connectivity index (χ0v) is 24.5. The second kappa shape index (κ2) is 13.7. The highest BCUT2D eigenvalue weighted by molar-refractivity contribution is 5.99. The van der Waals surface area contributed by atoms with Crippen LogP contribution in [0, 0.1) is 21.7 Å². The zero-order chi connectivity index (χ0) is 30.1. The molecule has 0 aliphatic rings. The van der Waals surface area contributed by atoms with Crippen molar-refractivity contribution in [3.8, 4) is 17.2 Å². The minimum Gasteiger partial charge on any atom is -0.504 e. The van der Waals surface area contributed by atoms with Gasteiger partial charge in [0.25, 0.3) is 0 Å². The minimum absolute atomic E-state index is 0.0309. The molecule has 0 aliphatic carbocycles. The van der Waals surface area contributed by atoms with Gasteiger partial charge in [0.1, 0.15) is 11.4 Å². The first-order valence-corrected chi connectivity index (χ1v) is 13.0. The van der Waals surface area contributed by atoms with Crippen molar-refractivity contribution in [3.63, 3.8) is 0 Å². The molecule has 212 valence electrons. The standard InChI is InChI=1S/C33H39NO6/c1-22(33(5,6)31(37)18-14-24-11-15-26(34-38)29(20-24)39-7)10-9-19-32(3,4)23(2)27(35)16-12-25-13-17-28(36)30(21-25)40-8/h9-21,23,36H,1-8H3/b16-12+,18-14+,19-9+,22-10+. The third-order valence-electron chi connectivity index (χ3n) is 7.39. The highest BCUT2D eigenvalue weighted by atomic mass is 16.5. The maximum absolute atomic E-state index is 13.0. The molecule has 0 bridgehead atoms. The normalized spacial score (nSPS) is 13.7. The summed E-state index contributed by atoms with van der Waals surface area (Å²) in [6.45, 7) is 11.5. The summed E-state index contributed by atoms with van der Waals surface area (Å²) in [7, 11) is 2.93. The van der Waals surface area contributed by atoms with Crippen molar-refractivity contribution in [2.75, 3.05) is 14.2 Å². The van der Waals surface area contributed by atoms with Gasteiger partial charge in [-0.1, -0.05) is 68.9 Å². The maximum atomic E-state index is 13.0. The number of hydrogen-bond donors (Lipinski definition) is 1. The Balaban J connectivity index is 2.10. The molecular weight excluding hydrogens is 506 g/mol. The first-order valence-electron chi connectivity index (χ1n) is 13.0. The van der Waals surface area contributed by atoms with Gasteiger partial charge in [-0.15, -0.1) is 4.91 Å². The van der Waals surface area contributed by atoms with Crippen LogP contribution in [0.2, 0.25) is 0 Å². The van der Waals surface area contributed by atoms with Crippen molar-refractivity contribution >= 4 is 29.4 Å². The molecule has 1 unspecified atom stereocenters. The van der Waals surface area contributed by atoms with Crippen LogP contribution in [0.1, 0.15) is 52.7 Å². The van der Waals surface area contributed by atoms with Gasteiger partial charge < -0.3 is 14.6 Å². The lowest BCUT2D eigenvalue weighted by Gasteiger charge is -2.27. The van der Waals surface area contributed by atoms with E-state index in [1.807, 2.05) is 59.8 Å². The monoisotopic (exact) mass is 545 g/mol. The Bertz CT molecular complexity index is 1360. The van der Waals surface area contributed by atoms with Gasteiger partial charge in [-0.25, -0.2) is 0 Å². The van der Waals surface area contributed by atoms with Crippen molar-refractivity contribution in [1.82, 2.24) is 0 Å². The van der Waals surface area contributed by atoms with Crippen LogP contribution in [0.3, 0.4) is 0 Å². The highest BCUT2D eigenvalue weighted by Crippen LogP contribution is 2.33. The Morgan fingerprint density at radius 3 is 2.10 bits per heavy atom. The molecule has 0 saturated heterocycles. The van der Waals surface area contributed by atoms with Crippen LogP contribution in [0.5, 0.6) is 17.2 Å². The Morgan fingerprint density at radius 1 is 0.925 bits per heavy atom. The Labute approximate surface area is 236 Å². The van der Waals surface area contributed by atoms with Gasteiger partial charge in [-0.05, 0) is 78.9 Å². The van der Waals surface area contributed by atoms with Crippen LogP contribution >= 0.6 is 0 Å². The smallest absolute Gasteiger partial charge is 0.165 e. The number of allylic oxidation sites excluding steroid dienone is 6. The predicted molar refractivity (Wildman–Crippen MR) is 161 cm³/mol. The molecule has 0 radical (unpaired) electrons. The summed E-state index contributed by atoms with van der Waals surface area (Å²) in [6, 6.07) is 9.80. The number of benzene rings is 2. The molecule has 0 heterocycles. The summed E-state index contributed by atoms with van der Waals surface area (Å²) < 4.78 is 10.3. The first-order chi connectivity index (χ1) is 18.8. The number of rotatable bonds is 13. The first kappa shape index (κ1) is 32.0. The summed E-state index contributed by atoms with van der Waals surface area (Å²) in [5, 5.41) is 12.7. The molecule has 0 saturated carbocycles. The van der Waals surface area contributed by atoms with E-state index in [0.717, 1.165) is 11.1 Å². The molecule has 0 fully saturated rings. The fourth-order valence-corrected chi connectivity index (χ4v) is 3.73. The Morgan fingerprint density at radius 2 is 1.50 bits per heavy atom. The van der Waals surface area contributed by atoms with Gasteiger partial charge >= 0.3 is 0 Å². The van der Waals surface area contributed by atoms with Crippen molar-refractivity contribution in [3.05, 3.63) is 88.4 Å². The van der Waals surface area contributed by atoms with Crippen molar-refractivity contribution in [2.45, 2.75) is 41.5 Å². The number of nitroso groups, excluding NO2 is 1. The highest BCUT2D eigenvalue weighted by Gasteiger charge is 2.29. The SMILES string of the molecule is COc1cc(/C=C/C(=O)C(C)C(C)(C)/C=C/C=C(\C)C(C)(C)C(=O)/C=C/c2ccc(N=O)c(OC)c2)ccc1O. The topological polar surface area (TPSA) is 102 Å². The van der Waals surface area contributed by atoms with E-state index in [1.54, 1.807) is 48.6 Å². The fourth-order valence-electron chi connectivity index (χ4n) is 3.73. The number of methoxy groups -OCH3 is 2. The van der Waals surface area contributed by atoms with Gasteiger partial charge in [-0.3, -0.25) is 9.59 Å². The lowest BCUT2D eigenvalue weighted by Crippen LogP contribution is -2.25. The summed E-state index contributed by atoms with van der Waals surface area (Å²) in [6.07, 6.45) is 12.2. The molecule has 0 aliphatic heterocycles. The molecule has 1 atom stereocenters. The largest absolute Gasteiger partial charge is 0.504 e. The molecule has 2 rings (SSSR count). The number of ketones is 2. The van der Waals surface area contributed by atoms with Gasteiger partial charge in [0.2, 0.25) is 0 Å². The molecule has 7 nitrogen and oxygen atoms in total. The fraction of sp³-hybridized carbons (Fsp3) is 0.333. The van der Waals surface area contributed by atoms with Crippen LogP contribution in [0.4, 0.5) is 5.69 Å². The number of carbonyl (C=O) groups is 2. The van der Waals surface area contributed by atoms with E-state index in [0.29, 0.717) is 17.1 Å². The van der Waals surface area contributed by atoms with E-state index in [2.05, 4.69) is 5.18 Å². The van der Waals surface area contributed by atoms with Crippen molar-refractivity contribution in [2.24, 2.45) is 21.9 Å². The average molecular weight is 546 g/mol. The van der Waals surface area contributed by atoms with Crippen LogP contribution in [-0.2, 0) is 9.59 Å². The molecular formula is C33H39NO6. The van der Waals surface area contributed by atoms with Crippen molar-refractivity contribution in [1.29, 1.82) is 0 Å². The third-order valence-corrected chi connectivity index (χ3v) is 7.39. The van der Waals surface area contributed by atoms with E-state index in [1.165, 1.54) is 26.4 Å². The predicted octanol–water partition coefficient (Wildman–Crippen LogP) is 7.86. The van der Waals surface area contributed by atoms with Crippen molar-refractivity contribution < 1.29 is 24.2 Å².